The van der Waals surface area contributed by atoms with Crippen molar-refractivity contribution in [1.82, 2.24) is 0 Å². The Hall–Kier alpha value is -2.63. The van der Waals surface area contributed by atoms with Crippen LogP contribution in [0.5, 0.6) is 17.2 Å². The number of ether oxygens (including phenoxy) is 3. The third-order valence-corrected chi connectivity index (χ3v) is 2.71. The minimum absolute atomic E-state index is 0.0363. The lowest BCUT2D eigenvalue weighted by Crippen LogP contribution is -2.04. The van der Waals surface area contributed by atoms with Crippen molar-refractivity contribution in [3.8, 4) is 17.2 Å². The molecule has 0 aliphatic carbocycles. The second-order valence-corrected chi connectivity index (χ2v) is 3.84. The van der Waals surface area contributed by atoms with Crippen LogP contribution in [0.25, 0.3) is 0 Å². The van der Waals surface area contributed by atoms with E-state index in [0.717, 1.165) is 0 Å². The molecule has 0 radical (unpaired) electrons. The predicted octanol–water partition coefficient (Wildman–Crippen LogP) is 2.57. The Bertz CT molecular complexity index is 579. The molecule has 0 unspecified atom stereocenters. The molecule has 2 rings (SSSR count). The van der Waals surface area contributed by atoms with E-state index >= 15 is 0 Å². The SMILES string of the molecule is COc1cccc(OC)c1OCc1occc1C(=O)O. The second kappa shape index (κ2) is 6.01. The van der Waals surface area contributed by atoms with Crippen LogP contribution < -0.4 is 14.2 Å². The molecule has 1 aromatic heterocycles. The van der Waals surface area contributed by atoms with Gasteiger partial charge in [-0.2, -0.15) is 0 Å². The third-order valence-electron chi connectivity index (χ3n) is 2.71. The minimum Gasteiger partial charge on any atom is -0.493 e. The van der Waals surface area contributed by atoms with Gasteiger partial charge in [-0.15, -0.1) is 0 Å². The van der Waals surface area contributed by atoms with E-state index in [9.17, 15) is 4.79 Å². The van der Waals surface area contributed by atoms with Gasteiger partial charge in [-0.25, -0.2) is 4.79 Å². The number of benzene rings is 1. The van der Waals surface area contributed by atoms with Crippen LogP contribution in [-0.4, -0.2) is 25.3 Å². The van der Waals surface area contributed by atoms with Crippen LogP contribution in [0.15, 0.2) is 34.9 Å². The van der Waals surface area contributed by atoms with Crippen molar-refractivity contribution < 1.29 is 28.5 Å². The van der Waals surface area contributed by atoms with Gasteiger partial charge < -0.3 is 23.7 Å². The largest absolute Gasteiger partial charge is 0.493 e. The quantitative estimate of drug-likeness (QED) is 0.875. The van der Waals surface area contributed by atoms with Gasteiger partial charge in [-0.1, -0.05) is 6.07 Å². The number of methoxy groups -OCH3 is 2. The Labute approximate surface area is 115 Å². The Morgan fingerprint density at radius 1 is 1.20 bits per heavy atom. The molecule has 0 saturated heterocycles. The molecular weight excluding hydrogens is 264 g/mol. The van der Waals surface area contributed by atoms with Crippen molar-refractivity contribution in [2.24, 2.45) is 0 Å². The van der Waals surface area contributed by atoms with Gasteiger partial charge in [0.25, 0.3) is 0 Å². The van der Waals surface area contributed by atoms with Crippen molar-refractivity contribution in [1.29, 1.82) is 0 Å². The van der Waals surface area contributed by atoms with Crippen LogP contribution in [-0.2, 0) is 6.61 Å². The van der Waals surface area contributed by atoms with Gasteiger partial charge in [0, 0.05) is 0 Å². The number of furan rings is 1. The highest BCUT2D eigenvalue weighted by molar-refractivity contribution is 5.88. The molecule has 20 heavy (non-hydrogen) atoms. The van der Waals surface area contributed by atoms with Gasteiger partial charge in [0.2, 0.25) is 5.75 Å². The molecule has 1 N–H and O–H groups in total. The monoisotopic (exact) mass is 278 g/mol. The smallest absolute Gasteiger partial charge is 0.339 e. The summed E-state index contributed by atoms with van der Waals surface area (Å²) in [5, 5.41) is 8.99. The van der Waals surface area contributed by atoms with E-state index in [1.54, 1.807) is 18.2 Å². The van der Waals surface area contributed by atoms with Crippen LogP contribution in [0.4, 0.5) is 0 Å². The van der Waals surface area contributed by atoms with E-state index in [0.29, 0.717) is 17.2 Å². The van der Waals surface area contributed by atoms with Crippen molar-refractivity contribution in [3.05, 3.63) is 41.9 Å². The average molecular weight is 278 g/mol. The molecule has 0 fully saturated rings. The van der Waals surface area contributed by atoms with E-state index in [1.807, 2.05) is 0 Å². The summed E-state index contributed by atoms with van der Waals surface area (Å²) >= 11 is 0. The first kappa shape index (κ1) is 13.8. The standard InChI is InChI=1S/C14H14O6/c1-17-10-4-3-5-11(18-2)13(10)20-8-12-9(14(15)16)6-7-19-12/h3-7H,8H2,1-2H3,(H,15,16). The number of hydrogen-bond acceptors (Lipinski definition) is 5. The zero-order valence-electron chi connectivity index (χ0n) is 11.1. The van der Waals surface area contributed by atoms with Gasteiger partial charge in [0.1, 0.15) is 12.2 Å². The molecule has 106 valence electrons. The number of aromatic carboxylic acids is 1. The number of rotatable bonds is 6. The van der Waals surface area contributed by atoms with Gasteiger partial charge in [0.05, 0.1) is 20.5 Å². The highest BCUT2D eigenvalue weighted by Gasteiger charge is 2.16. The van der Waals surface area contributed by atoms with Gasteiger partial charge in [0.15, 0.2) is 17.3 Å². The molecule has 0 atom stereocenters. The molecule has 1 aromatic carbocycles. The fraction of sp³-hybridized carbons (Fsp3) is 0.214. The first-order valence-electron chi connectivity index (χ1n) is 5.80. The number of hydrogen-bond donors (Lipinski definition) is 1. The summed E-state index contributed by atoms with van der Waals surface area (Å²) in [5.41, 5.74) is 0.0684. The first-order chi connectivity index (χ1) is 9.67. The van der Waals surface area contributed by atoms with E-state index in [1.165, 1.54) is 26.5 Å². The second-order valence-electron chi connectivity index (χ2n) is 3.84. The maximum Gasteiger partial charge on any atom is 0.339 e. The van der Waals surface area contributed by atoms with Crippen molar-refractivity contribution in [2.45, 2.75) is 6.61 Å². The molecule has 0 bridgehead atoms. The first-order valence-corrected chi connectivity index (χ1v) is 5.80. The molecule has 6 nitrogen and oxygen atoms in total. The van der Waals surface area contributed by atoms with Gasteiger partial charge in [-0.3, -0.25) is 0 Å². The fourth-order valence-electron chi connectivity index (χ4n) is 1.74. The van der Waals surface area contributed by atoms with Crippen LogP contribution in [0.3, 0.4) is 0 Å². The molecule has 1 heterocycles. The molecule has 0 spiro atoms. The topological polar surface area (TPSA) is 78.1 Å². The van der Waals surface area contributed by atoms with Crippen molar-refractivity contribution in [3.63, 3.8) is 0 Å². The van der Waals surface area contributed by atoms with E-state index in [-0.39, 0.29) is 17.9 Å². The lowest BCUT2D eigenvalue weighted by molar-refractivity contribution is 0.0691. The summed E-state index contributed by atoms with van der Waals surface area (Å²) in [4.78, 5) is 11.0. The summed E-state index contributed by atoms with van der Waals surface area (Å²) in [5.74, 6) is 0.542. The number of carbonyl (C=O) groups is 1. The molecule has 0 aliphatic heterocycles. The van der Waals surface area contributed by atoms with Crippen molar-refractivity contribution >= 4 is 5.97 Å². The summed E-state index contributed by atoms with van der Waals surface area (Å²) in [6.07, 6.45) is 1.31. The molecule has 2 aromatic rings. The molecular formula is C14H14O6. The fourth-order valence-corrected chi connectivity index (χ4v) is 1.74. The molecule has 0 saturated carbocycles. The zero-order chi connectivity index (χ0) is 14.5. The van der Waals surface area contributed by atoms with Crippen molar-refractivity contribution in [2.75, 3.05) is 14.2 Å². The highest BCUT2D eigenvalue weighted by atomic mass is 16.5. The Morgan fingerprint density at radius 2 is 1.85 bits per heavy atom. The normalized spacial score (nSPS) is 10.1. The third kappa shape index (κ3) is 2.69. The number of para-hydroxylation sites is 1. The summed E-state index contributed by atoms with van der Waals surface area (Å²) in [7, 11) is 3.02. The lowest BCUT2D eigenvalue weighted by Gasteiger charge is -2.13. The van der Waals surface area contributed by atoms with E-state index in [2.05, 4.69) is 0 Å². The average Bonchev–Trinajstić information content (AvgIpc) is 2.93. The number of carboxylic acid groups (broad SMARTS) is 1. The molecule has 0 amide bonds. The van der Waals surface area contributed by atoms with E-state index < -0.39 is 5.97 Å². The maximum absolute atomic E-state index is 11.0. The predicted molar refractivity (Wildman–Crippen MR) is 69.5 cm³/mol. The van der Waals surface area contributed by atoms with Crippen LogP contribution in [0.2, 0.25) is 0 Å². The maximum atomic E-state index is 11.0. The summed E-state index contributed by atoms with van der Waals surface area (Å²) in [6, 6.07) is 6.58. The Morgan fingerprint density at radius 3 is 2.40 bits per heavy atom. The van der Waals surface area contributed by atoms with Gasteiger partial charge in [-0.05, 0) is 18.2 Å². The minimum atomic E-state index is -1.07. The van der Waals surface area contributed by atoms with Gasteiger partial charge >= 0.3 is 5.97 Å². The number of carboxylic acids is 1. The van der Waals surface area contributed by atoms with Crippen LogP contribution in [0.1, 0.15) is 16.1 Å². The Balaban J connectivity index is 2.22. The lowest BCUT2D eigenvalue weighted by atomic mass is 10.2. The highest BCUT2D eigenvalue weighted by Crippen LogP contribution is 2.37. The Kier molecular flexibility index (Phi) is 4.14. The molecule has 6 heteroatoms. The molecule has 0 aliphatic rings. The summed E-state index contributed by atoms with van der Waals surface area (Å²) < 4.78 is 21.1. The van der Waals surface area contributed by atoms with Crippen LogP contribution >= 0.6 is 0 Å². The van der Waals surface area contributed by atoms with Crippen LogP contribution in [0, 0.1) is 0 Å². The zero-order valence-corrected chi connectivity index (χ0v) is 11.1. The van der Waals surface area contributed by atoms with E-state index in [4.69, 9.17) is 23.7 Å². The summed E-state index contributed by atoms with van der Waals surface area (Å²) in [6.45, 7) is -0.0363.